The van der Waals surface area contributed by atoms with Crippen molar-refractivity contribution in [1.82, 2.24) is 10.3 Å². The first-order chi connectivity index (χ1) is 9.97. The molecule has 7 heteroatoms. The predicted molar refractivity (Wildman–Crippen MR) is 75.0 cm³/mol. The number of hydrogen-bond donors (Lipinski definition) is 2. The van der Waals surface area contributed by atoms with E-state index in [0.29, 0.717) is 10.6 Å². The topological polar surface area (TPSA) is 85.1 Å². The lowest BCUT2D eigenvalue weighted by molar-refractivity contribution is -0.120. The minimum Gasteiger partial charge on any atom is -0.368 e. The summed E-state index contributed by atoms with van der Waals surface area (Å²) in [4.78, 5) is 27.3. The van der Waals surface area contributed by atoms with Crippen LogP contribution in [-0.4, -0.2) is 16.8 Å². The zero-order valence-electron chi connectivity index (χ0n) is 10.7. The Hall–Kier alpha value is -2.47. The third kappa shape index (κ3) is 3.76. The van der Waals surface area contributed by atoms with Gasteiger partial charge < -0.3 is 11.1 Å². The monoisotopic (exact) mass is 307 g/mol. The van der Waals surface area contributed by atoms with Crippen molar-refractivity contribution < 1.29 is 14.0 Å². The summed E-state index contributed by atoms with van der Waals surface area (Å²) >= 11 is 5.68. The third-order valence-corrected chi connectivity index (χ3v) is 2.95. The second-order valence-corrected chi connectivity index (χ2v) is 4.66. The lowest BCUT2D eigenvalue weighted by Gasteiger charge is -2.15. The van der Waals surface area contributed by atoms with Crippen LogP contribution in [0.25, 0.3) is 0 Å². The van der Waals surface area contributed by atoms with Crippen molar-refractivity contribution in [3.8, 4) is 0 Å². The summed E-state index contributed by atoms with van der Waals surface area (Å²) in [6.07, 6.45) is 1.31. The molecule has 0 saturated carbocycles. The van der Waals surface area contributed by atoms with Gasteiger partial charge in [-0.1, -0.05) is 23.7 Å². The minimum atomic E-state index is -1.07. The molecular weight excluding hydrogens is 297 g/mol. The summed E-state index contributed by atoms with van der Waals surface area (Å²) < 4.78 is 12.9. The van der Waals surface area contributed by atoms with E-state index in [2.05, 4.69) is 10.3 Å². The normalized spacial score (nSPS) is 11.7. The number of nitrogens with one attached hydrogen (secondary N) is 1. The highest BCUT2D eigenvalue weighted by Gasteiger charge is 2.21. The molecule has 1 aromatic carbocycles. The van der Waals surface area contributed by atoms with Crippen LogP contribution in [0.15, 0.2) is 42.6 Å². The largest absolute Gasteiger partial charge is 0.368 e. The number of primary amides is 1. The molecule has 2 aromatic rings. The summed E-state index contributed by atoms with van der Waals surface area (Å²) in [5, 5.41) is 2.83. The molecule has 0 saturated heterocycles. The molecule has 0 aliphatic heterocycles. The summed E-state index contributed by atoms with van der Waals surface area (Å²) in [5.41, 5.74) is 5.74. The molecule has 1 aromatic heterocycles. The lowest BCUT2D eigenvalue weighted by Crippen LogP contribution is -2.37. The average Bonchev–Trinajstić information content (AvgIpc) is 2.46. The molecule has 0 spiro atoms. The van der Waals surface area contributed by atoms with E-state index in [4.69, 9.17) is 17.3 Å². The van der Waals surface area contributed by atoms with E-state index in [-0.39, 0.29) is 5.69 Å². The van der Waals surface area contributed by atoms with Crippen molar-refractivity contribution in [1.29, 1.82) is 0 Å². The fourth-order valence-electron chi connectivity index (χ4n) is 1.69. The van der Waals surface area contributed by atoms with Gasteiger partial charge in [-0.15, -0.1) is 0 Å². The van der Waals surface area contributed by atoms with Gasteiger partial charge in [-0.05, 0) is 29.8 Å². The van der Waals surface area contributed by atoms with Crippen LogP contribution in [0.4, 0.5) is 4.39 Å². The Morgan fingerprint density at radius 2 is 1.86 bits per heavy atom. The Morgan fingerprint density at radius 1 is 1.19 bits per heavy atom. The van der Waals surface area contributed by atoms with E-state index in [9.17, 15) is 14.0 Å². The Kier molecular flexibility index (Phi) is 4.49. The van der Waals surface area contributed by atoms with E-state index < -0.39 is 23.7 Å². The Bertz CT molecular complexity index is 659. The number of benzene rings is 1. The van der Waals surface area contributed by atoms with Gasteiger partial charge in [0.25, 0.3) is 5.91 Å². The number of hydrogen-bond acceptors (Lipinski definition) is 3. The standard InChI is InChI=1S/C14H11ClFN3O2/c15-9-3-6-11(18-7-9)14(21)19-12(13(17)20)8-1-4-10(16)5-2-8/h1-7,12H,(H2,17,20)(H,19,21)/t12-/m1/s1. The second kappa shape index (κ2) is 6.32. The van der Waals surface area contributed by atoms with Crippen LogP contribution in [0.5, 0.6) is 0 Å². The molecule has 0 aliphatic rings. The number of amides is 2. The maximum Gasteiger partial charge on any atom is 0.270 e. The van der Waals surface area contributed by atoms with Crippen LogP contribution in [0.1, 0.15) is 22.1 Å². The number of pyridine rings is 1. The molecule has 0 bridgehead atoms. The average molecular weight is 308 g/mol. The van der Waals surface area contributed by atoms with Gasteiger partial charge in [0.15, 0.2) is 0 Å². The highest BCUT2D eigenvalue weighted by atomic mass is 35.5. The lowest BCUT2D eigenvalue weighted by atomic mass is 10.1. The van der Waals surface area contributed by atoms with Crippen LogP contribution in [0, 0.1) is 5.82 Å². The van der Waals surface area contributed by atoms with Crippen LogP contribution in [0.2, 0.25) is 5.02 Å². The molecule has 21 heavy (non-hydrogen) atoms. The number of carbonyl (C=O) groups is 2. The van der Waals surface area contributed by atoms with Crippen molar-refractivity contribution in [3.05, 3.63) is 64.7 Å². The van der Waals surface area contributed by atoms with E-state index in [1.807, 2.05) is 0 Å². The number of nitrogens with two attached hydrogens (primary N) is 1. The first kappa shape index (κ1) is 14.9. The van der Waals surface area contributed by atoms with Gasteiger partial charge in [-0.25, -0.2) is 9.37 Å². The Morgan fingerprint density at radius 3 is 2.38 bits per heavy atom. The van der Waals surface area contributed by atoms with Gasteiger partial charge >= 0.3 is 0 Å². The molecule has 0 fully saturated rings. The molecular formula is C14H11ClFN3O2. The van der Waals surface area contributed by atoms with Gasteiger partial charge in [-0.3, -0.25) is 9.59 Å². The maximum atomic E-state index is 12.9. The molecule has 0 radical (unpaired) electrons. The summed E-state index contributed by atoms with van der Waals surface area (Å²) in [7, 11) is 0. The minimum absolute atomic E-state index is 0.0905. The highest BCUT2D eigenvalue weighted by molar-refractivity contribution is 6.30. The van der Waals surface area contributed by atoms with E-state index in [0.717, 1.165) is 0 Å². The molecule has 1 atom stereocenters. The van der Waals surface area contributed by atoms with Crippen molar-refractivity contribution >= 4 is 23.4 Å². The molecule has 0 aliphatic carbocycles. The fourth-order valence-corrected chi connectivity index (χ4v) is 1.80. The van der Waals surface area contributed by atoms with Crippen molar-refractivity contribution in [2.75, 3.05) is 0 Å². The number of halogens is 2. The molecule has 0 unspecified atom stereocenters. The second-order valence-electron chi connectivity index (χ2n) is 4.22. The molecule has 1 heterocycles. The Labute approximate surface area is 124 Å². The number of aromatic nitrogens is 1. The fraction of sp³-hybridized carbons (Fsp3) is 0.0714. The molecule has 108 valence electrons. The maximum absolute atomic E-state index is 12.9. The Balaban J connectivity index is 2.20. The van der Waals surface area contributed by atoms with Gasteiger partial charge in [0.1, 0.15) is 17.6 Å². The number of carbonyl (C=O) groups excluding carboxylic acids is 2. The van der Waals surface area contributed by atoms with E-state index >= 15 is 0 Å². The van der Waals surface area contributed by atoms with Crippen molar-refractivity contribution in [2.24, 2.45) is 5.73 Å². The van der Waals surface area contributed by atoms with Gasteiger partial charge in [-0.2, -0.15) is 0 Å². The van der Waals surface area contributed by atoms with Crippen molar-refractivity contribution in [2.45, 2.75) is 6.04 Å². The first-order valence-electron chi connectivity index (χ1n) is 5.94. The third-order valence-electron chi connectivity index (χ3n) is 2.72. The number of nitrogens with zero attached hydrogens (tertiary/aromatic N) is 1. The zero-order valence-corrected chi connectivity index (χ0v) is 11.5. The van der Waals surface area contributed by atoms with E-state index in [1.54, 1.807) is 0 Å². The molecule has 3 N–H and O–H groups in total. The molecule has 2 rings (SSSR count). The van der Waals surface area contributed by atoms with Crippen LogP contribution in [-0.2, 0) is 4.79 Å². The van der Waals surface area contributed by atoms with Gasteiger partial charge in [0.05, 0.1) is 5.02 Å². The van der Waals surface area contributed by atoms with Crippen LogP contribution >= 0.6 is 11.6 Å². The number of rotatable bonds is 4. The van der Waals surface area contributed by atoms with Gasteiger partial charge in [0, 0.05) is 6.20 Å². The highest BCUT2D eigenvalue weighted by Crippen LogP contribution is 2.14. The first-order valence-corrected chi connectivity index (χ1v) is 6.32. The van der Waals surface area contributed by atoms with E-state index in [1.165, 1.54) is 42.6 Å². The van der Waals surface area contributed by atoms with Gasteiger partial charge in [0.2, 0.25) is 5.91 Å². The molecule has 5 nitrogen and oxygen atoms in total. The van der Waals surface area contributed by atoms with Crippen LogP contribution in [0.3, 0.4) is 0 Å². The van der Waals surface area contributed by atoms with Crippen molar-refractivity contribution in [3.63, 3.8) is 0 Å². The smallest absolute Gasteiger partial charge is 0.270 e. The summed E-state index contributed by atoms with van der Waals surface area (Å²) in [6.45, 7) is 0. The summed E-state index contributed by atoms with van der Waals surface area (Å²) in [6, 6.07) is 6.95. The quantitative estimate of drug-likeness (QED) is 0.903. The van der Waals surface area contributed by atoms with Crippen LogP contribution < -0.4 is 11.1 Å². The molecule has 2 amide bonds. The SMILES string of the molecule is NC(=O)[C@H](NC(=O)c1ccc(Cl)cn1)c1ccc(F)cc1. The zero-order chi connectivity index (χ0) is 15.4. The predicted octanol–water partition coefficient (Wildman–Crippen LogP) is 1.83. The summed E-state index contributed by atoms with van der Waals surface area (Å²) in [5.74, 6) is -1.80.